The highest BCUT2D eigenvalue weighted by molar-refractivity contribution is 5.95. The Morgan fingerprint density at radius 3 is 2.79 bits per heavy atom. The van der Waals surface area contributed by atoms with Gasteiger partial charge in [-0.05, 0) is 55.2 Å². The second kappa shape index (κ2) is 9.19. The molecule has 0 unspecified atom stereocenters. The maximum Gasteiger partial charge on any atom is 0.178 e. The number of allylic oxidation sites excluding steroid dienone is 4. The average Bonchev–Trinajstić information content (AvgIpc) is 3.46. The first-order valence-corrected chi connectivity index (χ1v) is 12.7. The van der Waals surface area contributed by atoms with Gasteiger partial charge in [-0.3, -0.25) is 15.1 Å². The minimum atomic E-state index is 0.541. The predicted octanol–water partition coefficient (Wildman–Crippen LogP) is 5.21. The van der Waals surface area contributed by atoms with Gasteiger partial charge in [-0.2, -0.15) is 5.10 Å². The molecule has 1 aliphatic heterocycles. The van der Waals surface area contributed by atoms with Gasteiger partial charge in [0.2, 0.25) is 0 Å². The van der Waals surface area contributed by atoms with Crippen LogP contribution in [0.4, 0.5) is 0 Å². The lowest BCUT2D eigenvalue weighted by molar-refractivity contribution is 0.357. The van der Waals surface area contributed by atoms with Crippen molar-refractivity contribution < 1.29 is 0 Å². The van der Waals surface area contributed by atoms with Crippen molar-refractivity contribution in [3.8, 4) is 22.8 Å². The number of nitrogens with one attached hydrogen (secondary N) is 3. The lowest BCUT2D eigenvalue weighted by Gasteiger charge is -2.28. The van der Waals surface area contributed by atoms with E-state index in [9.17, 15) is 0 Å². The highest BCUT2D eigenvalue weighted by Crippen LogP contribution is 2.32. The van der Waals surface area contributed by atoms with Crippen molar-refractivity contribution in [1.29, 1.82) is 0 Å². The lowest BCUT2D eigenvalue weighted by Crippen LogP contribution is -2.24. The second-order valence-corrected chi connectivity index (χ2v) is 9.55. The van der Waals surface area contributed by atoms with Crippen LogP contribution in [0.5, 0.6) is 0 Å². The highest BCUT2D eigenvalue weighted by atomic mass is 15.2. The number of H-pyrrole nitrogens is 2. The topological polar surface area (TPSA) is 120 Å². The average molecular weight is 500 g/mol. The zero-order chi connectivity index (χ0) is 25.5. The van der Waals surface area contributed by atoms with Gasteiger partial charge in [0.25, 0.3) is 0 Å². The molecule has 3 N–H and O–H groups in total. The maximum absolute atomic E-state index is 5.00. The molecule has 1 aliphatic carbocycles. The van der Waals surface area contributed by atoms with Crippen LogP contribution in [0.2, 0.25) is 0 Å². The van der Waals surface area contributed by atoms with Crippen molar-refractivity contribution in [2.24, 2.45) is 10.9 Å². The van der Waals surface area contributed by atoms with E-state index in [-0.39, 0.29) is 0 Å². The molecular formula is C29H25N9. The van der Waals surface area contributed by atoms with Crippen molar-refractivity contribution in [3.63, 3.8) is 0 Å². The normalized spacial score (nSPS) is 15.7. The van der Waals surface area contributed by atoms with Gasteiger partial charge < -0.3 is 10.3 Å². The first-order chi connectivity index (χ1) is 18.7. The number of nitrogens with zero attached hydrogens (tertiary/aromatic N) is 6. The summed E-state index contributed by atoms with van der Waals surface area (Å²) in [5, 5.41) is 11.1. The Morgan fingerprint density at radius 2 is 1.95 bits per heavy atom. The van der Waals surface area contributed by atoms with E-state index in [4.69, 9.17) is 9.97 Å². The Labute approximate surface area is 218 Å². The van der Waals surface area contributed by atoms with E-state index in [1.54, 1.807) is 12.4 Å². The summed E-state index contributed by atoms with van der Waals surface area (Å²) in [5.41, 5.74) is 9.18. The molecule has 5 aromatic heterocycles. The third-order valence-electron chi connectivity index (χ3n) is 7.12. The highest BCUT2D eigenvalue weighted by Gasteiger charge is 2.21. The molecule has 9 heteroatoms. The quantitative estimate of drug-likeness (QED) is 0.295. The molecule has 2 aliphatic rings. The van der Waals surface area contributed by atoms with Gasteiger partial charge in [0.05, 0.1) is 34.7 Å². The summed E-state index contributed by atoms with van der Waals surface area (Å²) in [4.78, 5) is 26.6. The summed E-state index contributed by atoms with van der Waals surface area (Å²) in [5.74, 6) is 1.14. The molecule has 0 aromatic carbocycles. The molecule has 1 saturated carbocycles. The van der Waals surface area contributed by atoms with E-state index in [1.807, 2.05) is 42.6 Å². The predicted molar refractivity (Wildman–Crippen MR) is 149 cm³/mol. The van der Waals surface area contributed by atoms with Crippen LogP contribution in [0.1, 0.15) is 25.0 Å². The largest absolute Gasteiger partial charge is 0.358 e. The van der Waals surface area contributed by atoms with E-state index in [0.717, 1.165) is 50.5 Å². The van der Waals surface area contributed by atoms with Gasteiger partial charge in [-0.15, -0.1) is 0 Å². The minimum Gasteiger partial charge on any atom is -0.358 e. The first-order valence-electron chi connectivity index (χ1n) is 12.7. The molecule has 0 atom stereocenters. The van der Waals surface area contributed by atoms with Crippen LogP contribution in [-0.4, -0.2) is 47.9 Å². The molecule has 7 rings (SSSR count). The van der Waals surface area contributed by atoms with Gasteiger partial charge in [0.15, 0.2) is 17.2 Å². The van der Waals surface area contributed by atoms with Gasteiger partial charge in [0, 0.05) is 35.4 Å². The standard InChI is InChI=1S/C29H25N9/c1-17(18-5-4-6-18)33-20-15-19(10-13-30-16-20)22-8-9-24-26(34-22)27(38-37-24)29-35-25-21(11-14-32-28(25)36-29)23-7-2-3-12-31-23/h2-3,7-12,14-16,18,33H,1,4-6,13H2,(H,37,38)(H,32,35,36). The lowest BCUT2D eigenvalue weighted by atomic mass is 9.83. The second-order valence-electron chi connectivity index (χ2n) is 9.55. The van der Waals surface area contributed by atoms with Crippen LogP contribution in [-0.2, 0) is 0 Å². The Balaban J connectivity index is 1.26. The van der Waals surface area contributed by atoms with Crippen LogP contribution >= 0.6 is 0 Å². The number of aromatic nitrogens is 7. The number of aliphatic imine (C=N–C) groups is 1. The number of rotatable bonds is 6. The van der Waals surface area contributed by atoms with Crippen molar-refractivity contribution in [3.05, 3.63) is 84.6 Å². The van der Waals surface area contributed by atoms with Crippen molar-refractivity contribution in [1.82, 2.24) is 40.4 Å². The number of hydrogen-bond donors (Lipinski definition) is 3. The molecule has 5 aromatic rings. The summed E-state index contributed by atoms with van der Waals surface area (Å²) in [6.45, 7) is 4.82. The Morgan fingerprint density at radius 1 is 1.00 bits per heavy atom. The van der Waals surface area contributed by atoms with Crippen molar-refractivity contribution in [2.45, 2.75) is 19.3 Å². The number of pyridine rings is 3. The van der Waals surface area contributed by atoms with Crippen LogP contribution in [0.15, 0.2) is 83.9 Å². The molecule has 0 bridgehead atoms. The van der Waals surface area contributed by atoms with Crippen molar-refractivity contribution in [2.75, 3.05) is 6.54 Å². The molecule has 0 saturated heterocycles. The number of fused-ring (bicyclic) bond motifs is 2. The van der Waals surface area contributed by atoms with Crippen LogP contribution in [0, 0.1) is 5.92 Å². The zero-order valence-electron chi connectivity index (χ0n) is 20.6. The van der Waals surface area contributed by atoms with E-state index < -0.39 is 0 Å². The number of hydrogen-bond acceptors (Lipinski definition) is 7. The summed E-state index contributed by atoms with van der Waals surface area (Å²) < 4.78 is 0. The number of imidazole rings is 1. The van der Waals surface area contributed by atoms with Crippen LogP contribution in [0.3, 0.4) is 0 Å². The molecule has 38 heavy (non-hydrogen) atoms. The fourth-order valence-corrected chi connectivity index (χ4v) is 4.84. The third-order valence-corrected chi connectivity index (χ3v) is 7.12. The van der Waals surface area contributed by atoms with E-state index in [1.165, 1.54) is 19.3 Å². The number of aromatic amines is 2. The summed E-state index contributed by atoms with van der Waals surface area (Å²) in [6, 6.07) is 11.8. The summed E-state index contributed by atoms with van der Waals surface area (Å²) >= 11 is 0. The molecular weight excluding hydrogens is 474 g/mol. The molecule has 0 amide bonds. The van der Waals surface area contributed by atoms with E-state index in [0.29, 0.717) is 29.6 Å². The van der Waals surface area contributed by atoms with Gasteiger partial charge in [0.1, 0.15) is 5.52 Å². The van der Waals surface area contributed by atoms with Gasteiger partial charge in [-0.25, -0.2) is 15.0 Å². The van der Waals surface area contributed by atoms with Crippen LogP contribution < -0.4 is 5.32 Å². The van der Waals surface area contributed by atoms with E-state index >= 15 is 0 Å². The Bertz CT molecular complexity index is 1770. The third kappa shape index (κ3) is 3.98. The molecule has 0 spiro atoms. The molecule has 186 valence electrons. The maximum atomic E-state index is 5.00. The van der Waals surface area contributed by atoms with Gasteiger partial charge in [-0.1, -0.05) is 25.1 Å². The summed E-state index contributed by atoms with van der Waals surface area (Å²) in [6.07, 6.45) is 13.2. The summed E-state index contributed by atoms with van der Waals surface area (Å²) in [7, 11) is 0. The van der Waals surface area contributed by atoms with Crippen LogP contribution in [0.25, 0.3) is 50.5 Å². The molecule has 0 radical (unpaired) electrons. The zero-order valence-corrected chi connectivity index (χ0v) is 20.6. The Kier molecular flexibility index (Phi) is 5.39. The Hall–Kier alpha value is -4.92. The minimum absolute atomic E-state index is 0.541. The molecule has 9 nitrogen and oxygen atoms in total. The molecule has 1 fully saturated rings. The smallest absolute Gasteiger partial charge is 0.178 e. The monoisotopic (exact) mass is 499 g/mol. The van der Waals surface area contributed by atoms with Crippen molar-refractivity contribution >= 4 is 34.0 Å². The SMILES string of the molecule is C=C(NC1=CC(c2ccc3[nH]nc(-c4nc5nccc(-c6ccccn6)c5[nH]4)c3n2)=CCN=C1)C1CCC1. The van der Waals surface area contributed by atoms with E-state index in [2.05, 4.69) is 54.2 Å². The fraction of sp³-hybridized carbons (Fsp3) is 0.172. The fourth-order valence-electron chi connectivity index (χ4n) is 4.84. The first kappa shape index (κ1) is 22.3. The molecule has 6 heterocycles. The van der Waals surface area contributed by atoms with Gasteiger partial charge >= 0.3 is 0 Å².